The van der Waals surface area contributed by atoms with Crippen molar-refractivity contribution in [2.75, 3.05) is 6.54 Å². The lowest BCUT2D eigenvalue weighted by atomic mass is 10.1. The lowest BCUT2D eigenvalue weighted by Gasteiger charge is -2.13. The number of hydrogen-bond acceptors (Lipinski definition) is 4. The van der Waals surface area contributed by atoms with Crippen molar-refractivity contribution in [3.05, 3.63) is 70.6 Å². The van der Waals surface area contributed by atoms with E-state index in [-0.39, 0.29) is 11.6 Å². The second-order valence-electron chi connectivity index (χ2n) is 6.01. The first-order valence-corrected chi connectivity index (χ1v) is 9.16. The van der Waals surface area contributed by atoms with Crippen molar-refractivity contribution < 1.29 is 23.1 Å². The normalized spacial score (nSPS) is 12.0. The van der Waals surface area contributed by atoms with E-state index in [2.05, 4.69) is 5.32 Å². The summed E-state index contributed by atoms with van der Waals surface area (Å²) >= 11 is 1.18. The average molecular weight is 389 g/mol. The number of carbonyl (C=O) groups is 2. The molecule has 1 atom stereocenters. The lowest BCUT2D eigenvalue weighted by molar-refractivity contribution is -0.129. The Hall–Kier alpha value is -2.80. The maximum atomic E-state index is 13.2. The van der Waals surface area contributed by atoms with Crippen molar-refractivity contribution in [3.8, 4) is 0 Å². The Kier molecular flexibility index (Phi) is 5.81. The molecule has 1 amide bonds. The highest BCUT2D eigenvalue weighted by atomic mass is 32.1. The predicted molar refractivity (Wildman–Crippen MR) is 99.8 cm³/mol. The van der Waals surface area contributed by atoms with Gasteiger partial charge in [-0.2, -0.15) is 0 Å². The highest BCUT2D eigenvalue weighted by Gasteiger charge is 2.20. The van der Waals surface area contributed by atoms with Crippen LogP contribution in [-0.4, -0.2) is 24.5 Å². The van der Waals surface area contributed by atoms with Gasteiger partial charge in [0.1, 0.15) is 16.5 Å². The van der Waals surface area contributed by atoms with Crippen molar-refractivity contribution in [2.45, 2.75) is 19.4 Å². The molecule has 1 heterocycles. The number of hydrogen-bond donors (Lipinski definition) is 1. The van der Waals surface area contributed by atoms with Crippen LogP contribution in [-0.2, 0) is 16.0 Å². The standard InChI is InChI=1S/C20H17F2NO3S/c1-12(19(24)23-9-8-13-2-4-15(21)5-3-13)26-20(25)18-11-14-10-16(22)6-7-17(14)27-18/h2-7,10-12H,8-9H2,1H3,(H,23,24)/t12-/m0/s1. The third-order valence-corrected chi connectivity index (χ3v) is 5.05. The van der Waals surface area contributed by atoms with Gasteiger partial charge in [0.05, 0.1) is 0 Å². The van der Waals surface area contributed by atoms with E-state index in [9.17, 15) is 18.4 Å². The molecule has 3 aromatic rings. The van der Waals surface area contributed by atoms with Crippen molar-refractivity contribution >= 4 is 33.3 Å². The van der Waals surface area contributed by atoms with Crippen LogP contribution in [0.2, 0.25) is 0 Å². The molecule has 0 aliphatic rings. The van der Waals surface area contributed by atoms with Crippen LogP contribution in [0.5, 0.6) is 0 Å². The number of nitrogens with one attached hydrogen (secondary N) is 1. The Morgan fingerprint density at radius 2 is 1.78 bits per heavy atom. The van der Waals surface area contributed by atoms with Crippen LogP contribution in [0.15, 0.2) is 48.5 Å². The summed E-state index contributed by atoms with van der Waals surface area (Å²) in [5.41, 5.74) is 0.888. The number of halogens is 2. The van der Waals surface area contributed by atoms with Crippen molar-refractivity contribution in [2.24, 2.45) is 0 Å². The molecule has 27 heavy (non-hydrogen) atoms. The molecule has 1 aromatic heterocycles. The molecule has 2 aromatic carbocycles. The van der Waals surface area contributed by atoms with E-state index in [1.807, 2.05) is 0 Å². The number of carbonyl (C=O) groups excluding carboxylic acids is 2. The van der Waals surface area contributed by atoms with Crippen LogP contribution in [0.25, 0.3) is 10.1 Å². The third kappa shape index (κ3) is 4.89. The van der Waals surface area contributed by atoms with Crippen LogP contribution < -0.4 is 5.32 Å². The molecular formula is C20H17F2NO3S. The quantitative estimate of drug-likeness (QED) is 0.646. The number of thiophene rings is 1. The smallest absolute Gasteiger partial charge is 0.349 e. The van der Waals surface area contributed by atoms with Gasteiger partial charge in [-0.3, -0.25) is 4.79 Å². The highest BCUT2D eigenvalue weighted by Crippen LogP contribution is 2.27. The first kappa shape index (κ1) is 19.0. The largest absolute Gasteiger partial charge is 0.448 e. The van der Waals surface area contributed by atoms with Gasteiger partial charge < -0.3 is 10.1 Å². The molecule has 140 valence electrons. The van der Waals surface area contributed by atoms with Gasteiger partial charge in [0.25, 0.3) is 5.91 Å². The minimum atomic E-state index is -0.965. The molecule has 0 fully saturated rings. The Morgan fingerprint density at radius 1 is 1.07 bits per heavy atom. The van der Waals surface area contributed by atoms with E-state index >= 15 is 0 Å². The summed E-state index contributed by atoms with van der Waals surface area (Å²) in [6, 6.07) is 11.8. The molecule has 0 saturated heterocycles. The van der Waals surface area contributed by atoms with Crippen molar-refractivity contribution in [1.82, 2.24) is 5.32 Å². The predicted octanol–water partition coefficient (Wildman–Crippen LogP) is 4.08. The van der Waals surface area contributed by atoms with E-state index in [0.29, 0.717) is 23.2 Å². The van der Waals surface area contributed by atoms with Gasteiger partial charge in [-0.05, 0) is 60.7 Å². The molecule has 4 nitrogen and oxygen atoms in total. The maximum absolute atomic E-state index is 13.2. The summed E-state index contributed by atoms with van der Waals surface area (Å²) in [6.07, 6.45) is -0.429. The zero-order valence-corrected chi connectivity index (χ0v) is 15.3. The fraction of sp³-hybridized carbons (Fsp3) is 0.200. The summed E-state index contributed by atoms with van der Waals surface area (Å²) < 4.78 is 32.1. The minimum Gasteiger partial charge on any atom is -0.448 e. The van der Waals surface area contributed by atoms with E-state index in [0.717, 1.165) is 10.3 Å². The van der Waals surface area contributed by atoms with Gasteiger partial charge in [-0.15, -0.1) is 11.3 Å². The molecule has 1 N–H and O–H groups in total. The molecule has 0 aliphatic carbocycles. The highest BCUT2D eigenvalue weighted by molar-refractivity contribution is 7.20. The van der Waals surface area contributed by atoms with Gasteiger partial charge in [0.2, 0.25) is 0 Å². The Balaban J connectivity index is 1.52. The number of benzene rings is 2. The number of fused-ring (bicyclic) bond motifs is 1. The lowest BCUT2D eigenvalue weighted by Crippen LogP contribution is -2.36. The fourth-order valence-electron chi connectivity index (χ4n) is 2.51. The van der Waals surface area contributed by atoms with E-state index in [4.69, 9.17) is 4.74 Å². The van der Waals surface area contributed by atoms with Crippen LogP contribution in [0.4, 0.5) is 8.78 Å². The van der Waals surface area contributed by atoms with Gasteiger partial charge in [0, 0.05) is 11.2 Å². The molecule has 0 aliphatic heterocycles. The van der Waals surface area contributed by atoms with Gasteiger partial charge >= 0.3 is 5.97 Å². The first-order chi connectivity index (χ1) is 12.9. The SMILES string of the molecule is C[C@H](OC(=O)c1cc2cc(F)ccc2s1)C(=O)NCCc1ccc(F)cc1. The Bertz CT molecular complexity index is 969. The van der Waals surface area contributed by atoms with Gasteiger partial charge in [-0.25, -0.2) is 13.6 Å². The van der Waals surface area contributed by atoms with Gasteiger partial charge in [-0.1, -0.05) is 12.1 Å². The third-order valence-electron chi connectivity index (χ3n) is 3.96. The second-order valence-corrected chi connectivity index (χ2v) is 7.09. The zero-order valence-electron chi connectivity index (χ0n) is 14.5. The van der Waals surface area contributed by atoms with Crippen LogP contribution >= 0.6 is 11.3 Å². The second kappa shape index (κ2) is 8.26. The van der Waals surface area contributed by atoms with Crippen LogP contribution in [0.1, 0.15) is 22.2 Å². The number of amides is 1. The Morgan fingerprint density at radius 3 is 2.52 bits per heavy atom. The summed E-state index contributed by atoms with van der Waals surface area (Å²) in [6.45, 7) is 1.83. The molecule has 0 bridgehead atoms. The zero-order chi connectivity index (χ0) is 19.4. The number of ether oxygens (including phenoxy) is 1. The molecule has 7 heteroatoms. The molecular weight excluding hydrogens is 372 g/mol. The first-order valence-electron chi connectivity index (χ1n) is 8.34. The molecule has 3 rings (SSSR count). The summed E-state index contributed by atoms with van der Waals surface area (Å²) in [5.74, 6) is -1.74. The number of esters is 1. The fourth-order valence-corrected chi connectivity index (χ4v) is 3.44. The van der Waals surface area contributed by atoms with E-state index in [1.165, 1.54) is 42.5 Å². The van der Waals surface area contributed by atoms with Crippen LogP contribution in [0, 0.1) is 11.6 Å². The molecule has 0 unspecified atom stereocenters. The topological polar surface area (TPSA) is 55.4 Å². The maximum Gasteiger partial charge on any atom is 0.349 e. The summed E-state index contributed by atoms with van der Waals surface area (Å²) in [4.78, 5) is 24.6. The average Bonchev–Trinajstić information content (AvgIpc) is 3.06. The summed E-state index contributed by atoms with van der Waals surface area (Å²) in [5, 5.41) is 3.29. The van der Waals surface area contributed by atoms with Crippen molar-refractivity contribution in [1.29, 1.82) is 0 Å². The van der Waals surface area contributed by atoms with E-state index < -0.39 is 18.0 Å². The number of rotatable bonds is 6. The monoisotopic (exact) mass is 389 g/mol. The molecule has 0 saturated carbocycles. The van der Waals surface area contributed by atoms with E-state index in [1.54, 1.807) is 24.3 Å². The Labute approximate surface area is 158 Å². The minimum absolute atomic E-state index is 0.307. The molecule has 0 spiro atoms. The summed E-state index contributed by atoms with van der Waals surface area (Å²) in [7, 11) is 0. The van der Waals surface area contributed by atoms with Crippen molar-refractivity contribution in [3.63, 3.8) is 0 Å². The van der Waals surface area contributed by atoms with Crippen LogP contribution in [0.3, 0.4) is 0 Å². The molecule has 0 radical (unpaired) electrons. The van der Waals surface area contributed by atoms with Gasteiger partial charge in [0.15, 0.2) is 6.10 Å².